The van der Waals surface area contributed by atoms with Gasteiger partial charge in [-0.25, -0.2) is 14.2 Å². The molecule has 1 aromatic heterocycles. The van der Waals surface area contributed by atoms with Crippen LogP contribution in [0, 0.1) is 5.82 Å². The minimum absolute atomic E-state index is 0.104. The van der Waals surface area contributed by atoms with Crippen LogP contribution in [-0.2, 0) is 18.9 Å². The first-order chi connectivity index (χ1) is 13.9. The van der Waals surface area contributed by atoms with Gasteiger partial charge in [0.05, 0.1) is 15.9 Å². The van der Waals surface area contributed by atoms with Crippen LogP contribution in [0.4, 0.5) is 10.1 Å². The second-order valence-corrected chi connectivity index (χ2v) is 7.66. The van der Waals surface area contributed by atoms with Crippen molar-refractivity contribution in [3.05, 3.63) is 69.2 Å². The lowest BCUT2D eigenvalue weighted by Gasteiger charge is -2.12. The van der Waals surface area contributed by atoms with Crippen LogP contribution in [-0.4, -0.2) is 31.7 Å². The third-order valence-electron chi connectivity index (χ3n) is 4.87. The highest BCUT2D eigenvalue weighted by Crippen LogP contribution is 2.34. The van der Waals surface area contributed by atoms with Crippen LogP contribution >= 0.6 is 11.8 Å². The van der Waals surface area contributed by atoms with Crippen molar-refractivity contribution < 1.29 is 9.18 Å². The van der Waals surface area contributed by atoms with Gasteiger partial charge < -0.3 is 0 Å². The Morgan fingerprint density at radius 3 is 2.52 bits per heavy atom. The van der Waals surface area contributed by atoms with Crippen LogP contribution in [0.15, 0.2) is 57.2 Å². The summed E-state index contributed by atoms with van der Waals surface area (Å²) in [7, 11) is 3.44. The molecule has 0 atom stereocenters. The number of thioether (sulfide) groups is 1. The van der Waals surface area contributed by atoms with E-state index >= 15 is 0 Å². The number of hydrogen-bond donors (Lipinski definition) is 0. The lowest BCUT2D eigenvalue weighted by atomic mass is 10.2. The van der Waals surface area contributed by atoms with E-state index in [4.69, 9.17) is 0 Å². The lowest BCUT2D eigenvalue weighted by Crippen LogP contribution is -2.28. The SMILES string of the molecule is CCN1C(=O)/C(=C\c2ccc3c(c2)n(C)c(=O)n3C)SC1=Nc1ccccc1F. The van der Waals surface area contributed by atoms with Crippen molar-refractivity contribution in [3.63, 3.8) is 0 Å². The molecular weight excluding hydrogens is 391 g/mol. The number of fused-ring (bicyclic) bond motifs is 1. The zero-order valence-electron chi connectivity index (χ0n) is 16.2. The molecule has 6 nitrogen and oxygen atoms in total. The molecule has 148 valence electrons. The van der Waals surface area contributed by atoms with Gasteiger partial charge in [-0.15, -0.1) is 0 Å². The number of aliphatic imine (C=N–C) groups is 1. The standard InChI is InChI=1S/C21H19FN4O2S/c1-4-26-19(27)18(29-20(26)23-15-8-6-5-7-14(15)22)12-13-9-10-16-17(11-13)25(3)21(28)24(16)2/h5-12H,4H2,1-3H3/b18-12+,23-20?. The molecule has 1 aliphatic heterocycles. The molecule has 3 aromatic rings. The predicted molar refractivity (Wildman–Crippen MR) is 115 cm³/mol. The summed E-state index contributed by atoms with van der Waals surface area (Å²) in [5.41, 5.74) is 2.51. The summed E-state index contributed by atoms with van der Waals surface area (Å²) >= 11 is 1.21. The predicted octanol–water partition coefficient (Wildman–Crippen LogP) is 3.64. The fourth-order valence-electron chi connectivity index (χ4n) is 3.28. The van der Waals surface area contributed by atoms with Gasteiger partial charge in [0.25, 0.3) is 5.91 Å². The molecule has 4 rings (SSSR count). The molecule has 1 fully saturated rings. The monoisotopic (exact) mass is 410 g/mol. The Kier molecular flexibility index (Phi) is 4.87. The number of halogens is 1. The van der Waals surface area contributed by atoms with E-state index in [2.05, 4.69) is 4.99 Å². The highest BCUT2D eigenvalue weighted by atomic mass is 32.2. The summed E-state index contributed by atoms with van der Waals surface area (Å²) in [4.78, 5) is 31.3. The fourth-order valence-corrected chi connectivity index (χ4v) is 4.34. The Hall–Kier alpha value is -3.13. The van der Waals surface area contributed by atoms with Gasteiger partial charge in [-0.1, -0.05) is 18.2 Å². The van der Waals surface area contributed by atoms with Crippen LogP contribution in [0.1, 0.15) is 12.5 Å². The molecule has 29 heavy (non-hydrogen) atoms. The number of carbonyl (C=O) groups excluding carboxylic acids is 1. The van der Waals surface area contributed by atoms with E-state index < -0.39 is 5.82 Å². The first kappa shape index (κ1) is 19.2. The largest absolute Gasteiger partial charge is 0.328 e. The third-order valence-corrected chi connectivity index (χ3v) is 5.87. The Balaban J connectivity index is 1.74. The quantitative estimate of drug-likeness (QED) is 0.620. The molecule has 0 saturated carbocycles. The normalized spacial score (nSPS) is 17.2. The van der Waals surface area contributed by atoms with E-state index in [-0.39, 0.29) is 17.3 Å². The number of nitrogens with zero attached hydrogens (tertiary/aromatic N) is 4. The zero-order chi connectivity index (χ0) is 20.7. The number of hydrogen-bond acceptors (Lipinski definition) is 4. The van der Waals surface area contributed by atoms with Gasteiger partial charge in [0, 0.05) is 20.6 Å². The zero-order valence-corrected chi connectivity index (χ0v) is 17.0. The Bertz CT molecular complexity index is 1260. The molecular formula is C21H19FN4O2S. The number of benzene rings is 2. The van der Waals surface area contributed by atoms with Crippen LogP contribution in [0.25, 0.3) is 17.1 Å². The number of carbonyl (C=O) groups is 1. The van der Waals surface area contributed by atoms with Crippen molar-refractivity contribution in [2.45, 2.75) is 6.92 Å². The third kappa shape index (κ3) is 3.29. The van der Waals surface area contributed by atoms with E-state index in [0.29, 0.717) is 16.6 Å². The van der Waals surface area contributed by atoms with Crippen LogP contribution in [0.5, 0.6) is 0 Å². The first-order valence-electron chi connectivity index (χ1n) is 9.10. The highest BCUT2D eigenvalue weighted by Gasteiger charge is 2.32. The Morgan fingerprint density at radius 2 is 1.79 bits per heavy atom. The van der Waals surface area contributed by atoms with E-state index in [1.165, 1.54) is 22.7 Å². The van der Waals surface area contributed by atoms with Gasteiger partial charge >= 0.3 is 5.69 Å². The van der Waals surface area contributed by atoms with Crippen molar-refractivity contribution in [2.75, 3.05) is 6.54 Å². The molecule has 0 unspecified atom stereocenters. The minimum Gasteiger partial charge on any atom is -0.295 e. The summed E-state index contributed by atoms with van der Waals surface area (Å²) in [6.45, 7) is 2.28. The number of para-hydroxylation sites is 1. The number of aromatic nitrogens is 2. The highest BCUT2D eigenvalue weighted by molar-refractivity contribution is 8.18. The van der Waals surface area contributed by atoms with Crippen molar-refractivity contribution in [1.82, 2.24) is 14.0 Å². The molecule has 2 heterocycles. The second-order valence-electron chi connectivity index (χ2n) is 6.65. The maximum absolute atomic E-state index is 14.0. The lowest BCUT2D eigenvalue weighted by molar-refractivity contribution is -0.122. The fraction of sp³-hybridized carbons (Fsp3) is 0.190. The van der Waals surface area contributed by atoms with E-state index in [1.54, 1.807) is 47.5 Å². The van der Waals surface area contributed by atoms with Gasteiger partial charge in [0.2, 0.25) is 0 Å². The van der Waals surface area contributed by atoms with Crippen LogP contribution < -0.4 is 5.69 Å². The summed E-state index contributed by atoms with van der Waals surface area (Å²) in [6, 6.07) is 11.8. The minimum atomic E-state index is -0.433. The average molecular weight is 410 g/mol. The van der Waals surface area contributed by atoms with Gasteiger partial charge in [-0.05, 0) is 54.6 Å². The summed E-state index contributed by atoms with van der Waals surface area (Å²) in [6.07, 6.45) is 1.77. The Morgan fingerprint density at radius 1 is 1.07 bits per heavy atom. The smallest absolute Gasteiger partial charge is 0.295 e. The van der Waals surface area contributed by atoms with Crippen molar-refractivity contribution in [2.24, 2.45) is 19.1 Å². The molecule has 0 bridgehead atoms. The molecule has 0 N–H and O–H groups in total. The van der Waals surface area contributed by atoms with E-state index in [9.17, 15) is 14.0 Å². The topological polar surface area (TPSA) is 59.6 Å². The number of aryl methyl sites for hydroxylation is 2. The van der Waals surface area contributed by atoms with Gasteiger partial charge in [0.1, 0.15) is 11.5 Å². The molecule has 1 saturated heterocycles. The van der Waals surface area contributed by atoms with Crippen molar-refractivity contribution >= 4 is 45.6 Å². The molecule has 8 heteroatoms. The number of likely N-dealkylation sites (N-methyl/N-ethyl adjacent to an activating group) is 1. The van der Waals surface area contributed by atoms with Crippen LogP contribution in [0.3, 0.4) is 0 Å². The van der Waals surface area contributed by atoms with Crippen molar-refractivity contribution in [1.29, 1.82) is 0 Å². The molecule has 0 spiro atoms. The summed E-state index contributed by atoms with van der Waals surface area (Å²) < 4.78 is 17.1. The second kappa shape index (κ2) is 7.36. The number of amidine groups is 1. The molecule has 0 aliphatic carbocycles. The summed E-state index contributed by atoms with van der Waals surface area (Å²) in [5.74, 6) is -0.605. The molecule has 1 amide bonds. The first-order valence-corrected chi connectivity index (χ1v) is 9.92. The van der Waals surface area contributed by atoms with E-state index in [1.807, 2.05) is 25.1 Å². The molecule has 1 aliphatic rings. The number of amides is 1. The van der Waals surface area contributed by atoms with Gasteiger partial charge in [-0.3, -0.25) is 18.8 Å². The maximum Gasteiger partial charge on any atom is 0.328 e. The Labute approximate surface area is 171 Å². The maximum atomic E-state index is 14.0. The van der Waals surface area contributed by atoms with Gasteiger partial charge in [0.15, 0.2) is 5.17 Å². The molecule has 0 radical (unpaired) electrons. The average Bonchev–Trinajstić information content (AvgIpc) is 3.12. The number of imidazole rings is 1. The summed E-state index contributed by atoms with van der Waals surface area (Å²) in [5, 5.41) is 0.446. The van der Waals surface area contributed by atoms with Crippen LogP contribution in [0.2, 0.25) is 0 Å². The number of rotatable bonds is 3. The van der Waals surface area contributed by atoms with E-state index in [0.717, 1.165) is 16.6 Å². The van der Waals surface area contributed by atoms with Gasteiger partial charge in [-0.2, -0.15) is 0 Å². The molecule has 2 aromatic carbocycles. The van der Waals surface area contributed by atoms with Crippen molar-refractivity contribution in [3.8, 4) is 0 Å².